The molecule has 0 atom stereocenters. The number of primary amides is 1. The second-order valence-electron chi connectivity index (χ2n) is 6.96. The van der Waals surface area contributed by atoms with E-state index in [4.69, 9.17) is 10.5 Å². The molecule has 0 aromatic heterocycles. The van der Waals surface area contributed by atoms with E-state index in [1.807, 2.05) is 0 Å². The van der Waals surface area contributed by atoms with Crippen molar-refractivity contribution in [3.8, 4) is 0 Å². The minimum atomic E-state index is -0.527. The molecule has 6 heteroatoms. The van der Waals surface area contributed by atoms with Gasteiger partial charge in [-0.05, 0) is 55.9 Å². The molecule has 1 fully saturated rings. The summed E-state index contributed by atoms with van der Waals surface area (Å²) in [5.41, 5.74) is 6.05. The second-order valence-corrected chi connectivity index (χ2v) is 6.96. The third-order valence-corrected chi connectivity index (χ3v) is 4.94. The van der Waals surface area contributed by atoms with Gasteiger partial charge >= 0.3 is 5.97 Å². The van der Waals surface area contributed by atoms with Gasteiger partial charge in [-0.1, -0.05) is 26.2 Å². The topological polar surface area (TPSA) is 98.5 Å². The summed E-state index contributed by atoms with van der Waals surface area (Å²) in [7, 11) is 0. The molecule has 1 aromatic carbocycles. The van der Waals surface area contributed by atoms with Crippen LogP contribution in [0.2, 0.25) is 0 Å². The summed E-state index contributed by atoms with van der Waals surface area (Å²) in [6.45, 7) is 1.90. The lowest BCUT2D eigenvalue weighted by molar-refractivity contribution is -0.152. The molecule has 1 aliphatic rings. The first kappa shape index (κ1) is 19.9. The van der Waals surface area contributed by atoms with Gasteiger partial charge in [-0.3, -0.25) is 14.4 Å². The first-order valence-corrected chi connectivity index (χ1v) is 9.36. The Balaban J connectivity index is 1.70. The van der Waals surface area contributed by atoms with E-state index in [2.05, 4.69) is 12.2 Å². The zero-order valence-corrected chi connectivity index (χ0v) is 15.3. The molecule has 142 valence electrons. The van der Waals surface area contributed by atoms with Gasteiger partial charge in [-0.25, -0.2) is 0 Å². The molecule has 1 saturated carbocycles. The third-order valence-electron chi connectivity index (χ3n) is 4.94. The van der Waals surface area contributed by atoms with E-state index >= 15 is 0 Å². The molecule has 0 spiro atoms. The predicted molar refractivity (Wildman–Crippen MR) is 99.5 cm³/mol. The molecule has 0 aliphatic heterocycles. The van der Waals surface area contributed by atoms with E-state index in [0.29, 0.717) is 11.3 Å². The van der Waals surface area contributed by atoms with Gasteiger partial charge in [-0.2, -0.15) is 0 Å². The summed E-state index contributed by atoms with van der Waals surface area (Å²) in [4.78, 5) is 35.1. The van der Waals surface area contributed by atoms with Gasteiger partial charge < -0.3 is 15.8 Å². The molecule has 1 aliphatic carbocycles. The van der Waals surface area contributed by atoms with Gasteiger partial charge in [0.25, 0.3) is 5.91 Å². The SMILES string of the molecule is CCCCC1CCC(C(=O)OCC(=O)Nc2ccc(C(N)=O)cc2)CC1. The van der Waals surface area contributed by atoms with Crippen LogP contribution >= 0.6 is 0 Å². The number of esters is 1. The molecular weight excluding hydrogens is 332 g/mol. The Morgan fingerprint density at radius 2 is 1.77 bits per heavy atom. The average molecular weight is 360 g/mol. The van der Waals surface area contributed by atoms with Crippen LogP contribution in [0.1, 0.15) is 62.2 Å². The molecule has 3 N–H and O–H groups in total. The predicted octanol–water partition coefficient (Wildman–Crippen LogP) is 3.26. The average Bonchev–Trinajstić information content (AvgIpc) is 2.65. The lowest BCUT2D eigenvalue weighted by Crippen LogP contribution is -2.27. The number of benzene rings is 1. The van der Waals surface area contributed by atoms with E-state index in [9.17, 15) is 14.4 Å². The van der Waals surface area contributed by atoms with Crippen molar-refractivity contribution in [1.29, 1.82) is 0 Å². The molecule has 2 amide bonds. The number of anilines is 1. The molecule has 2 rings (SSSR count). The molecule has 6 nitrogen and oxygen atoms in total. The Morgan fingerprint density at radius 1 is 1.12 bits per heavy atom. The van der Waals surface area contributed by atoms with Crippen LogP contribution in [0.15, 0.2) is 24.3 Å². The maximum absolute atomic E-state index is 12.1. The number of amides is 2. The van der Waals surface area contributed by atoms with E-state index in [0.717, 1.165) is 31.6 Å². The highest BCUT2D eigenvalue weighted by molar-refractivity contribution is 5.95. The summed E-state index contributed by atoms with van der Waals surface area (Å²) < 4.78 is 5.17. The molecule has 0 radical (unpaired) electrons. The van der Waals surface area contributed by atoms with Crippen LogP contribution in [0.25, 0.3) is 0 Å². The normalized spacial score (nSPS) is 19.6. The van der Waals surface area contributed by atoms with E-state index in [-0.39, 0.29) is 18.5 Å². The number of hydrogen-bond donors (Lipinski definition) is 2. The molecule has 0 unspecified atom stereocenters. The minimum absolute atomic E-state index is 0.0875. The van der Waals surface area contributed by atoms with Crippen LogP contribution in [0.3, 0.4) is 0 Å². The molecule has 1 aromatic rings. The van der Waals surface area contributed by atoms with Gasteiger partial charge in [0.15, 0.2) is 6.61 Å². The van der Waals surface area contributed by atoms with E-state index in [1.54, 1.807) is 12.1 Å². The number of nitrogens with two attached hydrogens (primary N) is 1. The largest absolute Gasteiger partial charge is 0.455 e. The second kappa shape index (κ2) is 9.94. The first-order valence-electron chi connectivity index (χ1n) is 9.36. The van der Waals surface area contributed by atoms with E-state index < -0.39 is 11.8 Å². The Morgan fingerprint density at radius 3 is 2.35 bits per heavy atom. The van der Waals surface area contributed by atoms with Crippen molar-refractivity contribution in [2.45, 2.75) is 51.9 Å². The molecular formula is C20H28N2O4. The van der Waals surface area contributed by atoms with Crippen LogP contribution in [-0.4, -0.2) is 24.4 Å². The summed E-state index contributed by atoms with van der Waals surface area (Å²) >= 11 is 0. The van der Waals surface area contributed by atoms with Crippen LogP contribution in [0.4, 0.5) is 5.69 Å². The molecule has 0 heterocycles. The number of carbonyl (C=O) groups is 3. The quantitative estimate of drug-likeness (QED) is 0.695. The van der Waals surface area contributed by atoms with Crippen LogP contribution < -0.4 is 11.1 Å². The Labute approximate surface area is 154 Å². The van der Waals surface area contributed by atoms with Crippen molar-refractivity contribution in [3.05, 3.63) is 29.8 Å². The van der Waals surface area contributed by atoms with Gasteiger partial charge in [0.05, 0.1) is 5.92 Å². The lowest BCUT2D eigenvalue weighted by Gasteiger charge is -2.27. The van der Waals surface area contributed by atoms with Crippen molar-refractivity contribution in [3.63, 3.8) is 0 Å². The Hall–Kier alpha value is -2.37. The van der Waals surface area contributed by atoms with Gasteiger partial charge in [-0.15, -0.1) is 0 Å². The number of nitrogens with one attached hydrogen (secondary N) is 1. The minimum Gasteiger partial charge on any atom is -0.455 e. The number of carbonyl (C=O) groups excluding carboxylic acids is 3. The van der Waals surface area contributed by atoms with Crippen molar-refractivity contribution in [2.24, 2.45) is 17.6 Å². The maximum atomic E-state index is 12.1. The highest BCUT2D eigenvalue weighted by atomic mass is 16.5. The summed E-state index contributed by atoms with van der Waals surface area (Å²) in [5, 5.41) is 2.63. The highest BCUT2D eigenvalue weighted by Gasteiger charge is 2.27. The summed E-state index contributed by atoms with van der Waals surface area (Å²) in [6.07, 6.45) is 7.54. The zero-order valence-electron chi connectivity index (χ0n) is 15.3. The van der Waals surface area contributed by atoms with Crippen LogP contribution in [-0.2, 0) is 14.3 Å². The fourth-order valence-corrected chi connectivity index (χ4v) is 3.35. The highest BCUT2D eigenvalue weighted by Crippen LogP contribution is 2.32. The van der Waals surface area contributed by atoms with Gasteiger partial charge in [0.1, 0.15) is 0 Å². The molecule has 0 saturated heterocycles. The lowest BCUT2D eigenvalue weighted by atomic mass is 9.80. The Bertz CT molecular complexity index is 619. The summed E-state index contributed by atoms with van der Waals surface area (Å²) in [6, 6.07) is 6.22. The maximum Gasteiger partial charge on any atom is 0.309 e. The smallest absolute Gasteiger partial charge is 0.309 e. The van der Waals surface area contributed by atoms with Crippen molar-refractivity contribution in [2.75, 3.05) is 11.9 Å². The number of ether oxygens (including phenoxy) is 1. The van der Waals surface area contributed by atoms with Crippen molar-refractivity contribution >= 4 is 23.5 Å². The zero-order chi connectivity index (χ0) is 18.9. The standard InChI is InChI=1S/C20H28N2O4/c1-2-3-4-14-5-7-16(8-6-14)20(25)26-13-18(23)22-17-11-9-15(10-12-17)19(21)24/h9-12,14,16H,2-8,13H2,1H3,(H2,21,24)(H,22,23). The molecule has 26 heavy (non-hydrogen) atoms. The van der Waals surface area contributed by atoms with Crippen molar-refractivity contribution < 1.29 is 19.1 Å². The van der Waals surface area contributed by atoms with E-state index in [1.165, 1.54) is 31.4 Å². The fraction of sp³-hybridized carbons (Fsp3) is 0.550. The third kappa shape index (κ3) is 6.17. The molecule has 0 bridgehead atoms. The number of hydrogen-bond acceptors (Lipinski definition) is 4. The van der Waals surface area contributed by atoms with Gasteiger partial charge in [0.2, 0.25) is 5.91 Å². The summed E-state index contributed by atoms with van der Waals surface area (Å²) in [5.74, 6) is -0.567. The first-order chi connectivity index (χ1) is 12.5. The van der Waals surface area contributed by atoms with Gasteiger partial charge in [0, 0.05) is 11.3 Å². The monoisotopic (exact) mass is 360 g/mol. The number of rotatable bonds is 8. The fourth-order valence-electron chi connectivity index (χ4n) is 3.35. The number of unbranched alkanes of at least 4 members (excludes halogenated alkanes) is 1. The Kier molecular flexibility index (Phi) is 7.63. The van der Waals surface area contributed by atoms with Crippen molar-refractivity contribution in [1.82, 2.24) is 0 Å². The van der Waals surface area contributed by atoms with Crippen LogP contribution in [0.5, 0.6) is 0 Å². The van der Waals surface area contributed by atoms with Crippen LogP contribution in [0, 0.1) is 11.8 Å².